The second-order valence-corrected chi connectivity index (χ2v) is 8.32. The maximum Gasteiger partial charge on any atom is 0.231 e. The Morgan fingerprint density at radius 2 is 2.10 bits per heavy atom. The molecule has 3 heterocycles. The molecule has 7 nitrogen and oxygen atoms in total. The molecule has 0 spiro atoms. The van der Waals surface area contributed by atoms with Crippen LogP contribution in [0.3, 0.4) is 0 Å². The summed E-state index contributed by atoms with van der Waals surface area (Å²) < 4.78 is 5.11. The molecule has 2 atom stereocenters. The molecular weight excluding hydrogens is 402 g/mol. The van der Waals surface area contributed by atoms with E-state index in [4.69, 9.17) is 4.52 Å². The lowest BCUT2D eigenvalue weighted by atomic mass is 10.00. The normalized spacial score (nSPS) is 18.7. The van der Waals surface area contributed by atoms with Gasteiger partial charge in [-0.1, -0.05) is 29.4 Å². The summed E-state index contributed by atoms with van der Waals surface area (Å²) in [7, 11) is 0. The number of carbonyl (C=O) groups is 2. The first-order valence-electron chi connectivity index (χ1n) is 9.89. The third kappa shape index (κ3) is 4.66. The number of aryl methyl sites for hydroxylation is 2. The topological polar surface area (TPSA) is 96.5 Å². The van der Waals surface area contributed by atoms with Crippen molar-refractivity contribution in [3.05, 3.63) is 58.2 Å². The lowest BCUT2D eigenvalue weighted by Crippen LogP contribution is -2.41. The highest BCUT2D eigenvalue weighted by molar-refractivity contribution is 7.07. The molecule has 1 aliphatic heterocycles. The van der Waals surface area contributed by atoms with Gasteiger partial charge in [-0.3, -0.25) is 9.59 Å². The first kappa shape index (κ1) is 20.4. The molecule has 1 fully saturated rings. The van der Waals surface area contributed by atoms with Gasteiger partial charge in [0.1, 0.15) is 5.76 Å². The van der Waals surface area contributed by atoms with E-state index in [2.05, 4.69) is 10.1 Å². The summed E-state index contributed by atoms with van der Waals surface area (Å²) in [5, 5.41) is 15.8. The van der Waals surface area contributed by atoms with Gasteiger partial charge in [-0.05, 0) is 18.9 Å². The van der Waals surface area contributed by atoms with Crippen molar-refractivity contribution in [3.63, 3.8) is 0 Å². The molecule has 1 saturated heterocycles. The number of ketones is 1. The van der Waals surface area contributed by atoms with Gasteiger partial charge < -0.3 is 14.5 Å². The average molecular weight is 426 g/mol. The molecule has 2 aromatic heterocycles. The predicted molar refractivity (Wildman–Crippen MR) is 112 cm³/mol. The number of rotatable bonds is 7. The highest BCUT2D eigenvalue weighted by Crippen LogP contribution is 2.23. The van der Waals surface area contributed by atoms with Crippen molar-refractivity contribution in [1.82, 2.24) is 15.0 Å². The number of aliphatic hydroxyl groups excluding tert-OH is 1. The van der Waals surface area contributed by atoms with Crippen molar-refractivity contribution in [2.45, 2.75) is 44.8 Å². The van der Waals surface area contributed by atoms with E-state index in [0.717, 1.165) is 16.8 Å². The van der Waals surface area contributed by atoms with Gasteiger partial charge in [-0.25, -0.2) is 4.98 Å². The van der Waals surface area contributed by atoms with Crippen LogP contribution in [0.25, 0.3) is 11.3 Å². The van der Waals surface area contributed by atoms with Crippen molar-refractivity contribution in [2.24, 2.45) is 0 Å². The van der Waals surface area contributed by atoms with Gasteiger partial charge in [0.15, 0.2) is 5.78 Å². The number of β-amino-alcohol motifs (C(OH)–C–C–N with tert-alkyl or cyclic N) is 1. The maximum absolute atomic E-state index is 12.8. The molecule has 30 heavy (non-hydrogen) atoms. The molecule has 8 heteroatoms. The summed E-state index contributed by atoms with van der Waals surface area (Å²) in [6.45, 7) is 1.96. The Balaban J connectivity index is 1.36. The minimum atomic E-state index is -0.684. The van der Waals surface area contributed by atoms with E-state index in [0.29, 0.717) is 24.3 Å². The molecule has 0 unspecified atom stereocenters. The van der Waals surface area contributed by atoms with E-state index < -0.39 is 12.1 Å². The summed E-state index contributed by atoms with van der Waals surface area (Å²) in [4.78, 5) is 31.3. The van der Waals surface area contributed by atoms with E-state index in [1.54, 1.807) is 29.8 Å². The third-order valence-corrected chi connectivity index (χ3v) is 5.90. The van der Waals surface area contributed by atoms with Gasteiger partial charge >= 0.3 is 0 Å². The number of hydrogen-bond donors (Lipinski definition) is 1. The molecule has 1 N–H and O–H groups in total. The van der Waals surface area contributed by atoms with Crippen molar-refractivity contribution >= 4 is 23.0 Å². The number of aliphatic hydroxyl groups is 1. The van der Waals surface area contributed by atoms with Crippen LogP contribution in [-0.4, -0.2) is 50.5 Å². The lowest BCUT2D eigenvalue weighted by molar-refractivity contribution is -0.137. The highest BCUT2D eigenvalue weighted by atomic mass is 32.1. The Morgan fingerprint density at radius 3 is 2.77 bits per heavy atom. The van der Waals surface area contributed by atoms with E-state index in [1.165, 1.54) is 4.90 Å². The quantitative estimate of drug-likeness (QED) is 0.625. The van der Waals surface area contributed by atoms with Crippen LogP contribution in [-0.2, 0) is 22.4 Å². The molecule has 0 saturated carbocycles. The van der Waals surface area contributed by atoms with E-state index in [1.807, 2.05) is 29.6 Å². The fraction of sp³-hybridized carbons (Fsp3) is 0.364. The Labute approximate surface area is 178 Å². The van der Waals surface area contributed by atoms with Crippen molar-refractivity contribution < 1.29 is 19.2 Å². The van der Waals surface area contributed by atoms with Gasteiger partial charge in [-0.15, -0.1) is 11.3 Å². The fourth-order valence-electron chi connectivity index (χ4n) is 3.78. The van der Waals surface area contributed by atoms with Crippen molar-refractivity contribution in [1.29, 1.82) is 0 Å². The van der Waals surface area contributed by atoms with Crippen LogP contribution in [0.1, 0.15) is 29.9 Å². The number of nitrogens with zero attached hydrogens (tertiary/aromatic N) is 3. The number of thiazole rings is 1. The number of benzene rings is 1. The molecule has 0 bridgehead atoms. The van der Waals surface area contributed by atoms with Crippen molar-refractivity contribution in [3.8, 4) is 11.3 Å². The zero-order valence-electron chi connectivity index (χ0n) is 16.7. The summed E-state index contributed by atoms with van der Waals surface area (Å²) in [5.74, 6) is 0.205. The van der Waals surface area contributed by atoms with Crippen LogP contribution in [0, 0.1) is 6.92 Å². The Kier molecular flexibility index (Phi) is 6.06. The van der Waals surface area contributed by atoms with E-state index in [9.17, 15) is 14.7 Å². The van der Waals surface area contributed by atoms with E-state index >= 15 is 0 Å². The number of carbonyl (C=O) groups excluding carboxylic acids is 2. The molecule has 1 aromatic carbocycles. The smallest absolute Gasteiger partial charge is 0.231 e. The number of likely N-dealkylation sites (tertiary alicyclic amines) is 1. The first-order valence-corrected chi connectivity index (χ1v) is 10.8. The summed E-state index contributed by atoms with van der Waals surface area (Å²) in [6, 6.07) is 9.12. The van der Waals surface area contributed by atoms with Gasteiger partial charge in [0.2, 0.25) is 5.91 Å². The highest BCUT2D eigenvalue weighted by Gasteiger charge is 2.38. The second-order valence-electron chi connectivity index (χ2n) is 7.60. The molecule has 4 rings (SSSR count). The van der Waals surface area contributed by atoms with E-state index in [-0.39, 0.29) is 31.1 Å². The molecule has 3 aromatic rings. The molecule has 156 valence electrons. The molecule has 1 amide bonds. The molecule has 1 aliphatic rings. The lowest BCUT2D eigenvalue weighted by Gasteiger charge is -2.23. The molecule has 0 aliphatic carbocycles. The molecular formula is C22H23N3O4S. The Bertz CT molecular complexity index is 1010. The van der Waals surface area contributed by atoms with Crippen molar-refractivity contribution in [2.75, 3.05) is 6.54 Å². The Hall–Kier alpha value is -2.84. The minimum Gasteiger partial charge on any atom is -0.391 e. The zero-order chi connectivity index (χ0) is 21.1. The Morgan fingerprint density at radius 1 is 1.30 bits per heavy atom. The zero-order valence-corrected chi connectivity index (χ0v) is 17.5. The molecule has 0 radical (unpaired) electrons. The fourth-order valence-corrected chi connectivity index (χ4v) is 4.34. The van der Waals surface area contributed by atoms with Gasteiger partial charge in [0, 0.05) is 36.4 Å². The monoisotopic (exact) mass is 425 g/mol. The summed E-state index contributed by atoms with van der Waals surface area (Å²) in [6.07, 6.45) is 0.542. The van der Waals surface area contributed by atoms with Crippen LogP contribution in [0.4, 0.5) is 0 Å². The third-order valence-electron chi connectivity index (χ3n) is 5.32. The van der Waals surface area contributed by atoms with Gasteiger partial charge in [0.05, 0.1) is 35.5 Å². The van der Waals surface area contributed by atoms with Crippen LogP contribution in [0.2, 0.25) is 0 Å². The average Bonchev–Trinajstić information content (AvgIpc) is 3.48. The predicted octanol–water partition coefficient (Wildman–Crippen LogP) is 2.81. The summed E-state index contributed by atoms with van der Waals surface area (Å²) in [5.41, 5.74) is 5.54. The minimum absolute atomic E-state index is 0.0303. The summed E-state index contributed by atoms with van der Waals surface area (Å²) >= 11 is 1.55. The number of amides is 1. The van der Waals surface area contributed by atoms with Crippen LogP contribution in [0.5, 0.6) is 0 Å². The first-order chi connectivity index (χ1) is 14.5. The van der Waals surface area contributed by atoms with Gasteiger partial charge in [0.25, 0.3) is 0 Å². The van der Waals surface area contributed by atoms with Gasteiger partial charge in [-0.2, -0.15) is 0 Å². The number of hydrogen-bond acceptors (Lipinski definition) is 7. The number of Topliss-reactive ketones (excluding diaryl/α,β-unsaturated/α-hetero) is 1. The van der Waals surface area contributed by atoms with Crippen LogP contribution >= 0.6 is 11.3 Å². The standard InChI is InChI=1S/C22H23N3O4S/c1-14-8-18(29-24-14)10-22(28)25-11-17(26)9-20(25)21(27)7-4-15-2-5-16(6-3-15)19-12-30-13-23-19/h2-3,5-6,8,12-13,17,20,26H,4,7,9-11H2,1H3/t17-,20+/m1/s1. The SMILES string of the molecule is Cc1cc(CC(=O)N2C[C@H](O)C[C@H]2C(=O)CCc2ccc(-c3cscn3)cc2)on1. The maximum atomic E-state index is 12.8. The second kappa shape index (κ2) is 8.89. The van der Waals surface area contributed by atoms with Crippen LogP contribution < -0.4 is 0 Å². The largest absolute Gasteiger partial charge is 0.391 e. The van der Waals surface area contributed by atoms with Crippen LogP contribution in [0.15, 0.2) is 45.7 Å². The number of aromatic nitrogens is 2.